The summed E-state index contributed by atoms with van der Waals surface area (Å²) in [4.78, 5) is 33.1. The number of hydrogen-bond donors (Lipinski definition) is 3. The van der Waals surface area contributed by atoms with Crippen molar-refractivity contribution in [3.8, 4) is 0 Å². The van der Waals surface area contributed by atoms with Gasteiger partial charge in [0.05, 0.1) is 6.61 Å². The van der Waals surface area contributed by atoms with Gasteiger partial charge in [0, 0.05) is 13.1 Å². The van der Waals surface area contributed by atoms with E-state index in [1.165, 1.54) is 13.1 Å². The molecule has 0 aliphatic carbocycles. The molecule has 0 fully saturated rings. The van der Waals surface area contributed by atoms with Gasteiger partial charge in [-0.3, -0.25) is 9.59 Å². The van der Waals surface area contributed by atoms with Gasteiger partial charge in [0.15, 0.2) is 6.04 Å². The quantitative estimate of drug-likeness (QED) is 0.558. The Labute approximate surface area is 95.5 Å². The van der Waals surface area contributed by atoms with Gasteiger partial charge in [-0.05, 0) is 6.07 Å². The lowest BCUT2D eigenvalue weighted by Gasteiger charge is -2.11. The molecule has 0 saturated heterocycles. The molecular formula is C9H11N3O5. The van der Waals surface area contributed by atoms with E-state index in [0.717, 1.165) is 10.7 Å². The molecule has 1 amide bonds. The number of nitrogens with one attached hydrogen (secondary N) is 1. The number of carboxylic acids is 1. The van der Waals surface area contributed by atoms with Crippen molar-refractivity contribution in [3.05, 3.63) is 28.2 Å². The first-order chi connectivity index (χ1) is 7.95. The van der Waals surface area contributed by atoms with Crippen molar-refractivity contribution in [1.82, 2.24) is 15.1 Å². The number of aliphatic carboxylic acids is 1. The van der Waals surface area contributed by atoms with Crippen molar-refractivity contribution in [3.63, 3.8) is 0 Å². The number of rotatable bonds is 4. The number of aryl methyl sites for hydroxylation is 1. The molecule has 0 spiro atoms. The van der Waals surface area contributed by atoms with Gasteiger partial charge in [0.1, 0.15) is 5.69 Å². The second-order valence-electron chi connectivity index (χ2n) is 3.23. The van der Waals surface area contributed by atoms with E-state index < -0.39 is 30.1 Å². The Balaban J connectivity index is 2.86. The van der Waals surface area contributed by atoms with Crippen molar-refractivity contribution >= 4 is 11.9 Å². The van der Waals surface area contributed by atoms with Crippen LogP contribution in [0.25, 0.3) is 0 Å². The molecule has 0 saturated carbocycles. The second-order valence-corrected chi connectivity index (χ2v) is 3.23. The number of nitrogens with zero attached hydrogens (tertiary/aromatic N) is 2. The minimum Gasteiger partial charge on any atom is -0.480 e. The SMILES string of the molecule is Cn1nc(C(=O)NC(CO)C(=O)O)ccc1=O. The minimum absolute atomic E-state index is 0.105. The first-order valence-electron chi connectivity index (χ1n) is 4.64. The van der Waals surface area contributed by atoms with E-state index >= 15 is 0 Å². The molecule has 1 unspecified atom stereocenters. The summed E-state index contributed by atoms with van der Waals surface area (Å²) in [5.74, 6) is -2.13. The molecule has 1 aromatic heterocycles. The van der Waals surface area contributed by atoms with Gasteiger partial charge in [0.25, 0.3) is 11.5 Å². The summed E-state index contributed by atoms with van der Waals surface area (Å²) in [5, 5.41) is 23.0. The Hall–Kier alpha value is -2.22. The standard InChI is InChI=1S/C9H11N3O5/c1-12-7(14)3-2-5(11-12)8(15)10-6(4-13)9(16)17/h2-3,6,13H,4H2,1H3,(H,10,15)(H,16,17). The van der Waals surface area contributed by atoms with Gasteiger partial charge in [-0.25, -0.2) is 9.48 Å². The fourth-order valence-corrected chi connectivity index (χ4v) is 1.04. The Kier molecular flexibility index (Phi) is 3.94. The highest BCUT2D eigenvalue weighted by Crippen LogP contribution is 1.92. The van der Waals surface area contributed by atoms with E-state index in [1.807, 2.05) is 0 Å². The highest BCUT2D eigenvalue weighted by molar-refractivity contribution is 5.94. The van der Waals surface area contributed by atoms with Gasteiger partial charge < -0.3 is 15.5 Å². The van der Waals surface area contributed by atoms with Crippen LogP contribution in [0.3, 0.4) is 0 Å². The summed E-state index contributed by atoms with van der Waals surface area (Å²) in [7, 11) is 1.36. The second kappa shape index (κ2) is 5.21. The third-order valence-electron chi connectivity index (χ3n) is 1.98. The smallest absolute Gasteiger partial charge is 0.328 e. The van der Waals surface area contributed by atoms with E-state index in [4.69, 9.17) is 10.2 Å². The van der Waals surface area contributed by atoms with Crippen molar-refractivity contribution in [2.75, 3.05) is 6.61 Å². The zero-order valence-corrected chi connectivity index (χ0v) is 8.95. The van der Waals surface area contributed by atoms with Crippen LogP contribution < -0.4 is 10.9 Å². The van der Waals surface area contributed by atoms with E-state index in [0.29, 0.717) is 0 Å². The fourth-order valence-electron chi connectivity index (χ4n) is 1.04. The zero-order chi connectivity index (χ0) is 13.0. The fraction of sp³-hybridized carbons (Fsp3) is 0.333. The number of aliphatic hydroxyl groups is 1. The molecule has 1 heterocycles. The maximum atomic E-state index is 11.5. The molecule has 8 nitrogen and oxygen atoms in total. The Morgan fingerprint density at radius 2 is 2.18 bits per heavy atom. The lowest BCUT2D eigenvalue weighted by molar-refractivity contribution is -0.140. The molecule has 1 aromatic rings. The predicted molar refractivity (Wildman–Crippen MR) is 55.5 cm³/mol. The molecule has 0 aliphatic rings. The first kappa shape index (κ1) is 12.8. The Morgan fingerprint density at radius 3 is 2.65 bits per heavy atom. The topological polar surface area (TPSA) is 122 Å². The highest BCUT2D eigenvalue weighted by Gasteiger charge is 2.20. The van der Waals surface area contributed by atoms with E-state index in [2.05, 4.69) is 10.4 Å². The van der Waals surface area contributed by atoms with Crippen molar-refractivity contribution in [2.45, 2.75) is 6.04 Å². The van der Waals surface area contributed by atoms with Crippen molar-refractivity contribution in [1.29, 1.82) is 0 Å². The van der Waals surface area contributed by atoms with E-state index in [1.54, 1.807) is 0 Å². The van der Waals surface area contributed by atoms with Crippen LogP contribution in [0.5, 0.6) is 0 Å². The Morgan fingerprint density at radius 1 is 1.53 bits per heavy atom. The van der Waals surface area contributed by atoms with Crippen LogP contribution in [0.2, 0.25) is 0 Å². The summed E-state index contributed by atoms with van der Waals surface area (Å²) in [5.41, 5.74) is -0.495. The number of aromatic nitrogens is 2. The van der Waals surface area contributed by atoms with Gasteiger partial charge in [-0.1, -0.05) is 0 Å². The molecule has 1 rings (SSSR count). The highest BCUT2D eigenvalue weighted by atomic mass is 16.4. The average molecular weight is 241 g/mol. The van der Waals surface area contributed by atoms with E-state index in [-0.39, 0.29) is 5.69 Å². The molecular weight excluding hydrogens is 230 g/mol. The molecule has 0 radical (unpaired) electrons. The van der Waals surface area contributed by atoms with Crippen LogP contribution in [0.1, 0.15) is 10.5 Å². The van der Waals surface area contributed by atoms with Gasteiger partial charge >= 0.3 is 5.97 Å². The van der Waals surface area contributed by atoms with Crippen molar-refractivity contribution in [2.24, 2.45) is 7.05 Å². The Bertz CT molecular complexity index is 496. The first-order valence-corrected chi connectivity index (χ1v) is 4.64. The molecule has 8 heteroatoms. The third kappa shape index (κ3) is 3.11. The van der Waals surface area contributed by atoms with Crippen LogP contribution >= 0.6 is 0 Å². The summed E-state index contributed by atoms with van der Waals surface area (Å²) in [6, 6.07) is 0.909. The maximum absolute atomic E-state index is 11.5. The zero-order valence-electron chi connectivity index (χ0n) is 8.95. The minimum atomic E-state index is -1.40. The van der Waals surface area contributed by atoms with E-state index in [9.17, 15) is 14.4 Å². The summed E-state index contributed by atoms with van der Waals surface area (Å²) < 4.78 is 0.948. The van der Waals surface area contributed by atoms with Crippen LogP contribution in [0, 0.1) is 0 Å². The van der Waals surface area contributed by atoms with Crippen molar-refractivity contribution < 1.29 is 19.8 Å². The van der Waals surface area contributed by atoms with Crippen LogP contribution in [0.15, 0.2) is 16.9 Å². The normalized spacial score (nSPS) is 11.9. The largest absolute Gasteiger partial charge is 0.480 e. The van der Waals surface area contributed by atoms with Crippen LogP contribution in [0.4, 0.5) is 0 Å². The molecule has 1 atom stereocenters. The van der Waals surface area contributed by atoms with Gasteiger partial charge in [0.2, 0.25) is 0 Å². The van der Waals surface area contributed by atoms with Crippen LogP contribution in [-0.2, 0) is 11.8 Å². The molecule has 92 valence electrons. The maximum Gasteiger partial charge on any atom is 0.328 e. The average Bonchev–Trinajstić information content (AvgIpc) is 2.28. The predicted octanol–water partition coefficient (Wildman–Crippen LogP) is -2.04. The van der Waals surface area contributed by atoms with Gasteiger partial charge in [-0.2, -0.15) is 5.10 Å². The number of carbonyl (C=O) groups is 2. The lowest BCUT2D eigenvalue weighted by Crippen LogP contribution is -2.44. The summed E-state index contributed by atoms with van der Waals surface area (Å²) in [6.45, 7) is -0.729. The summed E-state index contributed by atoms with van der Waals surface area (Å²) >= 11 is 0. The number of carboxylic acid groups (broad SMARTS) is 1. The number of carbonyl (C=O) groups excluding carboxylic acids is 1. The number of aliphatic hydroxyl groups excluding tert-OH is 1. The number of amides is 1. The molecule has 0 aliphatic heterocycles. The molecule has 0 aromatic carbocycles. The molecule has 0 bridgehead atoms. The molecule has 17 heavy (non-hydrogen) atoms. The van der Waals surface area contributed by atoms with Gasteiger partial charge in [-0.15, -0.1) is 0 Å². The molecule has 3 N–H and O–H groups in total. The lowest BCUT2D eigenvalue weighted by atomic mass is 10.3. The summed E-state index contributed by atoms with van der Waals surface area (Å²) in [6.07, 6.45) is 0. The third-order valence-corrected chi connectivity index (χ3v) is 1.98. The monoisotopic (exact) mass is 241 g/mol. The van der Waals surface area contributed by atoms with Crippen LogP contribution in [-0.4, -0.2) is 44.5 Å². The number of hydrogen-bond acceptors (Lipinski definition) is 5.